The van der Waals surface area contributed by atoms with E-state index in [9.17, 15) is 0 Å². The zero-order valence-corrected chi connectivity index (χ0v) is 12.9. The fourth-order valence-electron chi connectivity index (χ4n) is 1.52. The Morgan fingerprint density at radius 2 is 2.24 bits per heavy atom. The van der Waals surface area contributed by atoms with E-state index in [1.54, 1.807) is 11.3 Å². The predicted octanol–water partition coefficient (Wildman–Crippen LogP) is 3.18. The topological polar surface area (TPSA) is 15.3 Å². The van der Waals surface area contributed by atoms with Crippen molar-refractivity contribution in [1.29, 1.82) is 0 Å². The molecular weight excluding hydrogens is 272 g/mol. The molecule has 0 amide bonds. The highest BCUT2D eigenvalue weighted by atomic mass is 35.5. The minimum atomic E-state index is 0.871. The maximum Gasteiger partial charge on any atom is 0.0931 e. The van der Waals surface area contributed by atoms with Crippen molar-refractivity contribution in [3.63, 3.8) is 0 Å². The average Bonchev–Trinajstić information content (AvgIpc) is 2.71. The van der Waals surface area contributed by atoms with Crippen molar-refractivity contribution in [3.8, 4) is 0 Å². The van der Waals surface area contributed by atoms with E-state index in [1.807, 2.05) is 17.8 Å². The van der Waals surface area contributed by atoms with Gasteiger partial charge in [0.25, 0.3) is 0 Å². The molecule has 2 nitrogen and oxygen atoms in total. The van der Waals surface area contributed by atoms with Crippen molar-refractivity contribution >= 4 is 34.7 Å². The molecule has 17 heavy (non-hydrogen) atoms. The van der Waals surface area contributed by atoms with Gasteiger partial charge in [-0.2, -0.15) is 11.8 Å². The lowest BCUT2D eigenvalue weighted by molar-refractivity contribution is 0.333. The summed E-state index contributed by atoms with van der Waals surface area (Å²) in [4.78, 5) is 3.69. The second-order valence-electron chi connectivity index (χ2n) is 4.03. The molecule has 0 spiro atoms. The minimum absolute atomic E-state index is 0.871. The molecule has 0 saturated carbocycles. The molecule has 98 valence electrons. The van der Waals surface area contributed by atoms with Crippen molar-refractivity contribution in [1.82, 2.24) is 10.2 Å². The number of halogens is 1. The fraction of sp³-hybridized carbons (Fsp3) is 0.667. The first-order chi connectivity index (χ1) is 8.22. The molecule has 0 bridgehead atoms. The summed E-state index contributed by atoms with van der Waals surface area (Å²) in [7, 11) is 2.18. The van der Waals surface area contributed by atoms with E-state index in [-0.39, 0.29) is 0 Å². The molecule has 0 aliphatic rings. The third kappa shape index (κ3) is 7.32. The Morgan fingerprint density at radius 3 is 2.88 bits per heavy atom. The molecule has 0 atom stereocenters. The Hall–Kier alpha value is 0.260. The van der Waals surface area contributed by atoms with Crippen LogP contribution in [0.15, 0.2) is 12.1 Å². The summed E-state index contributed by atoms with van der Waals surface area (Å²) in [6.07, 6.45) is 3.44. The quantitative estimate of drug-likeness (QED) is 0.704. The first kappa shape index (κ1) is 15.3. The molecule has 1 heterocycles. The van der Waals surface area contributed by atoms with E-state index in [1.165, 1.54) is 23.6 Å². The highest BCUT2D eigenvalue weighted by Gasteiger charge is 1.99. The number of rotatable bonds is 9. The van der Waals surface area contributed by atoms with Crippen molar-refractivity contribution in [2.75, 3.05) is 38.7 Å². The molecule has 1 N–H and O–H groups in total. The Morgan fingerprint density at radius 1 is 1.41 bits per heavy atom. The molecule has 0 radical (unpaired) electrons. The maximum absolute atomic E-state index is 5.88. The van der Waals surface area contributed by atoms with Crippen LogP contribution < -0.4 is 5.32 Å². The highest BCUT2D eigenvalue weighted by Crippen LogP contribution is 2.20. The summed E-state index contributed by atoms with van der Waals surface area (Å²) < 4.78 is 0.871. The number of nitrogens with zero attached hydrogens (tertiary/aromatic N) is 1. The second kappa shape index (κ2) is 9.22. The fourth-order valence-corrected chi connectivity index (χ4v) is 2.99. The molecule has 0 unspecified atom stereocenters. The third-order valence-corrected chi connectivity index (χ3v) is 4.41. The summed E-state index contributed by atoms with van der Waals surface area (Å²) in [6.45, 7) is 4.25. The number of hydrogen-bond donors (Lipinski definition) is 1. The molecular formula is C12H21ClN2S2. The van der Waals surface area contributed by atoms with Crippen LogP contribution in [0.25, 0.3) is 0 Å². The zero-order chi connectivity index (χ0) is 12.5. The van der Waals surface area contributed by atoms with Gasteiger partial charge in [-0.3, -0.25) is 0 Å². The third-order valence-electron chi connectivity index (χ3n) is 2.49. The molecule has 0 aliphatic carbocycles. The molecule has 0 fully saturated rings. The normalized spacial score (nSPS) is 11.3. The van der Waals surface area contributed by atoms with Crippen LogP contribution in [0.5, 0.6) is 0 Å². The molecule has 0 saturated heterocycles. The smallest absolute Gasteiger partial charge is 0.0931 e. The monoisotopic (exact) mass is 292 g/mol. The van der Waals surface area contributed by atoms with E-state index >= 15 is 0 Å². The Kier molecular flexibility index (Phi) is 8.31. The average molecular weight is 293 g/mol. The number of thioether (sulfide) groups is 1. The van der Waals surface area contributed by atoms with Crippen LogP contribution in [0.2, 0.25) is 4.34 Å². The van der Waals surface area contributed by atoms with Gasteiger partial charge in [0.1, 0.15) is 0 Å². The van der Waals surface area contributed by atoms with E-state index in [0.717, 1.165) is 24.0 Å². The molecule has 1 aromatic rings. The summed E-state index contributed by atoms with van der Waals surface area (Å²) in [5.41, 5.74) is 0. The van der Waals surface area contributed by atoms with Gasteiger partial charge in [0.2, 0.25) is 0 Å². The molecule has 5 heteroatoms. The van der Waals surface area contributed by atoms with Crippen molar-refractivity contribution in [3.05, 3.63) is 21.3 Å². The number of thiophene rings is 1. The van der Waals surface area contributed by atoms with Gasteiger partial charge in [0.15, 0.2) is 0 Å². The van der Waals surface area contributed by atoms with E-state index in [4.69, 9.17) is 11.6 Å². The van der Waals surface area contributed by atoms with Gasteiger partial charge >= 0.3 is 0 Å². The Labute approximate surface area is 118 Å². The predicted molar refractivity (Wildman–Crippen MR) is 81.5 cm³/mol. The second-order valence-corrected chi connectivity index (χ2v) is 6.82. The number of hydrogen-bond acceptors (Lipinski definition) is 4. The van der Waals surface area contributed by atoms with Crippen LogP contribution in [0.4, 0.5) is 0 Å². The SMILES string of the molecule is CSCCCN(C)CCNCc1ccc(Cl)s1. The van der Waals surface area contributed by atoms with Crippen molar-refractivity contribution < 1.29 is 0 Å². The first-order valence-electron chi connectivity index (χ1n) is 5.85. The number of nitrogens with one attached hydrogen (secondary N) is 1. The van der Waals surface area contributed by atoms with Gasteiger partial charge < -0.3 is 10.2 Å². The first-order valence-corrected chi connectivity index (χ1v) is 8.43. The molecule has 1 aromatic heterocycles. The standard InChI is InChI=1S/C12H21ClN2S2/c1-15(7-3-9-16-2)8-6-14-10-11-4-5-12(13)17-11/h4-5,14H,3,6-10H2,1-2H3. The summed E-state index contributed by atoms with van der Waals surface area (Å²) in [5, 5.41) is 3.44. The van der Waals surface area contributed by atoms with Crippen LogP contribution in [-0.2, 0) is 6.54 Å². The van der Waals surface area contributed by atoms with E-state index < -0.39 is 0 Å². The highest BCUT2D eigenvalue weighted by molar-refractivity contribution is 7.98. The van der Waals surface area contributed by atoms with Gasteiger partial charge in [-0.25, -0.2) is 0 Å². The van der Waals surface area contributed by atoms with E-state index in [0.29, 0.717) is 0 Å². The largest absolute Gasteiger partial charge is 0.311 e. The van der Waals surface area contributed by atoms with Gasteiger partial charge in [0, 0.05) is 24.5 Å². The van der Waals surface area contributed by atoms with Gasteiger partial charge in [-0.05, 0) is 44.2 Å². The number of likely N-dealkylation sites (N-methyl/N-ethyl adjacent to an activating group) is 1. The lowest BCUT2D eigenvalue weighted by Crippen LogP contribution is -2.29. The van der Waals surface area contributed by atoms with Gasteiger partial charge in [0.05, 0.1) is 4.34 Å². The lowest BCUT2D eigenvalue weighted by atomic mass is 10.4. The molecule has 0 aromatic carbocycles. The Bertz CT molecular complexity index is 304. The zero-order valence-electron chi connectivity index (χ0n) is 10.5. The van der Waals surface area contributed by atoms with E-state index in [2.05, 4.69) is 29.6 Å². The minimum Gasteiger partial charge on any atom is -0.311 e. The van der Waals surface area contributed by atoms with Crippen LogP contribution in [0, 0.1) is 0 Å². The summed E-state index contributed by atoms with van der Waals surface area (Å²) in [6, 6.07) is 4.04. The summed E-state index contributed by atoms with van der Waals surface area (Å²) >= 11 is 9.44. The molecule has 0 aliphatic heterocycles. The maximum atomic E-state index is 5.88. The van der Waals surface area contributed by atoms with Crippen molar-refractivity contribution in [2.45, 2.75) is 13.0 Å². The molecule has 1 rings (SSSR count). The van der Waals surface area contributed by atoms with Gasteiger partial charge in [-0.15, -0.1) is 11.3 Å². The lowest BCUT2D eigenvalue weighted by Gasteiger charge is -2.16. The van der Waals surface area contributed by atoms with Gasteiger partial charge in [-0.1, -0.05) is 11.6 Å². The van der Waals surface area contributed by atoms with Crippen LogP contribution in [0.1, 0.15) is 11.3 Å². The van der Waals surface area contributed by atoms with Crippen LogP contribution >= 0.6 is 34.7 Å². The van der Waals surface area contributed by atoms with Crippen LogP contribution in [-0.4, -0.2) is 43.6 Å². The van der Waals surface area contributed by atoms with Crippen LogP contribution in [0.3, 0.4) is 0 Å². The van der Waals surface area contributed by atoms with Crippen molar-refractivity contribution in [2.24, 2.45) is 0 Å². The Balaban J connectivity index is 2.00. The summed E-state index contributed by atoms with van der Waals surface area (Å²) in [5.74, 6) is 1.26.